The normalized spacial score (nSPS) is 18.3. The Morgan fingerprint density at radius 2 is 0.728 bits per heavy atom. The van der Waals surface area contributed by atoms with E-state index in [1.165, 1.54) is 120 Å². The molecule has 125 heavy (non-hydrogen) atoms. The highest BCUT2D eigenvalue weighted by molar-refractivity contribution is 6.10. The quantitative estimate of drug-likeness (QED) is 0.0293. The summed E-state index contributed by atoms with van der Waals surface area (Å²) in [7, 11) is 0. The van der Waals surface area contributed by atoms with Crippen LogP contribution in [0.15, 0.2) is 213 Å². The van der Waals surface area contributed by atoms with E-state index in [2.05, 4.69) is 187 Å². The van der Waals surface area contributed by atoms with Crippen LogP contribution in [0, 0.1) is 11.7 Å². The molecule has 0 amide bonds. The standard InChI is InChI=1S/C30H38N2O.C28H33FN2O2.C27H35N3O2.C23H28N2O2/c1-3-25-11-7-12-28-29(22(2)33)21-31(30(25)28)17-8-18-32-26-15-16-27(32)20-24(19-26)14-13-23-9-5-4-6-10-23;1-3-20-6-4-7-26-27(19(2)32)18-30(28(20)26)14-5-15-31-22-10-11-23(31)17-25(16-22)33-24-12-8-21(29)9-13-24;1-3-23-9-7-12-25-26(22(2)31)21-30(27(23)25)14-8-13-28-15-17-29(18-16-28)19-20-32-24-10-5-4-6-11-24;1-3-19-9-7-12-21-22(18(2)26)17-25(23(19)21)15-8-13-24-14-16-27-20-10-5-4-6-11-20/h4-7,9-12,21,24,26-27H,3,8,13-20H2,1-2H3;4,6-9,12-13,18,22-23,25H,3,5,10-11,14-17H2,1-2H3;4-7,9-12,21H,3,8,13-20H2,1-2H3;4-7,9-12,17,24H,3,8,13-16H2,1-2H3. The Balaban J connectivity index is 0.000000136. The van der Waals surface area contributed by atoms with Crippen LogP contribution in [0.4, 0.5) is 4.39 Å². The van der Waals surface area contributed by atoms with Crippen molar-refractivity contribution >= 4 is 66.7 Å². The Hall–Kier alpha value is -10.3. The van der Waals surface area contributed by atoms with Crippen molar-refractivity contribution in [1.29, 1.82) is 0 Å². The number of Topliss-reactive ketones (excluding diaryl/α,β-unsaturated/α-hetero) is 4. The van der Waals surface area contributed by atoms with Crippen LogP contribution in [0.25, 0.3) is 43.6 Å². The molecule has 16 nitrogen and oxygen atoms in total. The van der Waals surface area contributed by atoms with Crippen molar-refractivity contribution in [2.75, 3.05) is 78.7 Å². The average Bonchev–Trinajstić information content (AvgIpc) is 1.64. The number of aryl methyl sites for hydroxylation is 9. The van der Waals surface area contributed by atoms with Gasteiger partial charge in [0.2, 0.25) is 0 Å². The van der Waals surface area contributed by atoms with Crippen molar-refractivity contribution in [3.8, 4) is 17.2 Å². The topological polar surface area (TPSA) is 141 Å². The minimum Gasteiger partial charge on any atom is -0.492 e. The molecule has 660 valence electrons. The molecule has 0 radical (unpaired) electrons. The van der Waals surface area contributed by atoms with Gasteiger partial charge in [-0.25, -0.2) is 4.39 Å². The zero-order valence-corrected chi connectivity index (χ0v) is 75.5. The summed E-state index contributed by atoms with van der Waals surface area (Å²) in [6.45, 7) is 31.0. The summed E-state index contributed by atoms with van der Waals surface area (Å²) in [6, 6.07) is 65.3. The fourth-order valence-corrected chi connectivity index (χ4v) is 20.7. The lowest BCUT2D eigenvalue weighted by Gasteiger charge is -2.39. The Morgan fingerprint density at radius 1 is 0.368 bits per heavy atom. The van der Waals surface area contributed by atoms with Gasteiger partial charge in [0.05, 0.1) is 22.1 Å². The number of ketones is 4. The first-order valence-electron chi connectivity index (χ1n) is 47.0. The van der Waals surface area contributed by atoms with E-state index in [-0.39, 0.29) is 35.1 Å². The summed E-state index contributed by atoms with van der Waals surface area (Å²) in [6.07, 6.45) is 29.3. The molecule has 4 bridgehead atoms. The van der Waals surface area contributed by atoms with Crippen LogP contribution < -0.4 is 19.5 Å². The van der Waals surface area contributed by atoms with Gasteiger partial charge in [-0.15, -0.1) is 0 Å². The molecule has 5 fully saturated rings. The largest absolute Gasteiger partial charge is 0.492 e. The number of carbonyl (C=O) groups excluding carboxylic acids is 4. The van der Waals surface area contributed by atoms with Crippen LogP contribution in [-0.4, -0.2) is 170 Å². The summed E-state index contributed by atoms with van der Waals surface area (Å²) in [5.74, 6) is 3.85. The van der Waals surface area contributed by atoms with Crippen LogP contribution >= 0.6 is 0 Å². The number of fused-ring (bicyclic) bond motifs is 8. The lowest BCUT2D eigenvalue weighted by Crippen LogP contribution is -2.47. The van der Waals surface area contributed by atoms with Gasteiger partial charge in [-0.05, 0) is 239 Å². The predicted octanol–water partition coefficient (Wildman–Crippen LogP) is 21.6. The molecule has 4 atom stereocenters. The fourth-order valence-electron chi connectivity index (χ4n) is 20.7. The van der Waals surface area contributed by atoms with Gasteiger partial charge < -0.3 is 42.7 Å². The van der Waals surface area contributed by atoms with E-state index in [1.54, 1.807) is 39.8 Å². The van der Waals surface area contributed by atoms with E-state index in [0.29, 0.717) is 18.7 Å². The molecule has 5 aliphatic rings. The van der Waals surface area contributed by atoms with E-state index in [1.807, 2.05) is 72.9 Å². The lowest BCUT2D eigenvalue weighted by atomic mass is 9.86. The van der Waals surface area contributed by atoms with Gasteiger partial charge in [-0.3, -0.25) is 33.9 Å². The molecular weight excluding hydrogens is 1550 g/mol. The van der Waals surface area contributed by atoms with Crippen molar-refractivity contribution in [3.63, 3.8) is 0 Å². The van der Waals surface area contributed by atoms with Gasteiger partial charge in [-0.1, -0.05) is 167 Å². The van der Waals surface area contributed by atoms with E-state index in [4.69, 9.17) is 14.2 Å². The molecule has 4 unspecified atom stereocenters. The van der Waals surface area contributed by atoms with Crippen LogP contribution in [0.5, 0.6) is 17.2 Å². The molecule has 12 aromatic rings. The zero-order chi connectivity index (χ0) is 87.1. The number of nitrogens with one attached hydrogen (secondary N) is 1. The second kappa shape index (κ2) is 44.7. The Morgan fingerprint density at radius 3 is 1.12 bits per heavy atom. The summed E-state index contributed by atoms with van der Waals surface area (Å²) >= 11 is 0. The van der Waals surface area contributed by atoms with E-state index in [0.717, 1.165) is 235 Å². The number of benzene rings is 8. The summed E-state index contributed by atoms with van der Waals surface area (Å²) in [4.78, 5) is 59.2. The zero-order valence-electron chi connectivity index (χ0n) is 75.5. The molecule has 5 aliphatic heterocycles. The van der Waals surface area contributed by atoms with Crippen LogP contribution in [0.1, 0.15) is 208 Å². The molecule has 0 aliphatic carbocycles. The Bertz CT molecular complexity index is 5460. The van der Waals surface area contributed by atoms with E-state index in [9.17, 15) is 23.6 Å². The van der Waals surface area contributed by atoms with E-state index >= 15 is 0 Å². The monoisotopic (exact) mass is 1690 g/mol. The highest BCUT2D eigenvalue weighted by Crippen LogP contribution is 2.42. The minimum absolute atomic E-state index is 0.128. The van der Waals surface area contributed by atoms with Gasteiger partial charge in [0.25, 0.3) is 0 Å². The van der Waals surface area contributed by atoms with Crippen LogP contribution in [0.2, 0.25) is 0 Å². The number of hydrogen-bond acceptors (Lipinski definition) is 12. The number of rotatable bonds is 37. The molecule has 5 saturated heterocycles. The van der Waals surface area contributed by atoms with Gasteiger partial charge in [-0.2, -0.15) is 0 Å². The number of halogens is 1. The first kappa shape index (κ1) is 91.0. The maximum Gasteiger partial charge on any atom is 0.161 e. The Kier molecular flexibility index (Phi) is 32.6. The van der Waals surface area contributed by atoms with Crippen molar-refractivity contribution in [2.45, 2.75) is 227 Å². The Labute approximate surface area is 741 Å². The lowest BCUT2D eigenvalue weighted by molar-refractivity contribution is 0.0481. The van der Waals surface area contributed by atoms with Gasteiger partial charge in [0.15, 0.2) is 23.1 Å². The van der Waals surface area contributed by atoms with E-state index < -0.39 is 0 Å². The van der Waals surface area contributed by atoms with Crippen molar-refractivity contribution in [2.24, 2.45) is 5.92 Å². The highest BCUT2D eigenvalue weighted by Gasteiger charge is 2.42. The molecule has 8 aromatic carbocycles. The molecule has 0 saturated carbocycles. The van der Waals surface area contributed by atoms with Gasteiger partial charge in [0, 0.05) is 171 Å². The SMILES string of the molecule is CCc1cccc2c(C(C)=O)cn(CCCN3C4CCC3CC(CCc3ccccc3)C4)c12.CCc1cccc2c(C(C)=O)cn(CCCN3C4CCC3CC(Oc3ccc(F)cc3)C4)c12.CCc1cccc2c(C(C)=O)cn(CCCN3CCN(CCOc4ccccc4)CC3)c12.CCc1cccc2c(C(C)=O)cn(CCCNCCOc3ccccc3)c12. The maximum atomic E-state index is 13.2. The number of ether oxygens (including phenoxy) is 3. The second-order valence-corrected chi connectivity index (χ2v) is 35.3. The van der Waals surface area contributed by atoms with Crippen molar-refractivity contribution < 1.29 is 37.8 Å². The third kappa shape index (κ3) is 23.3. The summed E-state index contributed by atoms with van der Waals surface area (Å²) in [5.41, 5.74) is 15.1. The smallest absolute Gasteiger partial charge is 0.161 e. The number of piperidine rings is 2. The number of para-hydroxylation sites is 6. The van der Waals surface area contributed by atoms with Gasteiger partial charge >= 0.3 is 0 Å². The van der Waals surface area contributed by atoms with Crippen LogP contribution in [-0.2, 0) is 58.3 Å². The van der Waals surface area contributed by atoms with Crippen molar-refractivity contribution in [1.82, 2.24) is 43.2 Å². The number of piperazine rings is 1. The molecule has 4 aromatic heterocycles. The second-order valence-electron chi connectivity index (χ2n) is 35.3. The molecule has 9 heterocycles. The molecule has 0 spiro atoms. The number of hydrogen-bond donors (Lipinski definition) is 1. The predicted molar refractivity (Wildman–Crippen MR) is 508 cm³/mol. The third-order valence-corrected chi connectivity index (χ3v) is 27.0. The molecular formula is C108H134FN9O7. The van der Waals surface area contributed by atoms with Crippen molar-refractivity contribution in [3.05, 3.63) is 269 Å². The fraction of sp³-hybridized carbons (Fsp3) is 0.444. The first-order valence-corrected chi connectivity index (χ1v) is 47.0. The maximum absolute atomic E-state index is 13.2. The average molecular weight is 1690 g/mol. The summed E-state index contributed by atoms with van der Waals surface area (Å²) in [5, 5.41) is 7.81. The first-order chi connectivity index (χ1) is 61.0. The molecule has 17 rings (SSSR count). The molecule has 1 N–H and O–H groups in total. The number of nitrogens with zero attached hydrogens (tertiary/aromatic N) is 8. The van der Waals surface area contributed by atoms with Crippen LogP contribution in [0.3, 0.4) is 0 Å². The van der Waals surface area contributed by atoms with Gasteiger partial charge in [0.1, 0.15) is 42.4 Å². The molecule has 17 heteroatoms. The summed E-state index contributed by atoms with van der Waals surface area (Å²) < 4.78 is 40.1. The third-order valence-electron chi connectivity index (χ3n) is 27.0. The highest BCUT2D eigenvalue weighted by atomic mass is 19.1. The number of carbonyl (C=O) groups is 4. The minimum atomic E-state index is -0.228. The number of aromatic nitrogens is 4.